The van der Waals surface area contributed by atoms with Gasteiger partial charge in [-0.25, -0.2) is 19.9 Å². The SMILES string of the molecule is CCOc1ccccc1C(=O)N1CCO[C@H](c2nc(N(C)C)ncc2-c2cncnc2)C1. The second-order valence-corrected chi connectivity index (χ2v) is 7.53. The Morgan fingerprint density at radius 1 is 1.22 bits per heavy atom. The first-order valence-corrected chi connectivity index (χ1v) is 10.5. The quantitative estimate of drug-likeness (QED) is 0.585. The number of benzene rings is 1. The molecule has 1 amide bonds. The lowest BCUT2D eigenvalue weighted by atomic mass is 10.0. The number of carbonyl (C=O) groups is 1. The van der Waals surface area contributed by atoms with Gasteiger partial charge in [-0.2, -0.15) is 0 Å². The highest BCUT2D eigenvalue weighted by Crippen LogP contribution is 2.32. The molecule has 1 atom stereocenters. The minimum absolute atomic E-state index is 0.0890. The zero-order valence-corrected chi connectivity index (χ0v) is 18.4. The van der Waals surface area contributed by atoms with Crippen molar-refractivity contribution in [2.75, 3.05) is 45.3 Å². The molecule has 9 nitrogen and oxygen atoms in total. The van der Waals surface area contributed by atoms with Crippen LogP contribution in [0.3, 0.4) is 0 Å². The van der Waals surface area contributed by atoms with Gasteiger partial charge in [0.15, 0.2) is 0 Å². The monoisotopic (exact) mass is 434 g/mol. The van der Waals surface area contributed by atoms with Crippen LogP contribution in [0.25, 0.3) is 11.1 Å². The number of hydrogen-bond donors (Lipinski definition) is 0. The highest BCUT2D eigenvalue weighted by Gasteiger charge is 2.30. The Balaban J connectivity index is 1.66. The van der Waals surface area contributed by atoms with Crippen molar-refractivity contribution in [3.05, 3.63) is 60.4 Å². The van der Waals surface area contributed by atoms with Crippen LogP contribution in [0.4, 0.5) is 5.95 Å². The van der Waals surface area contributed by atoms with E-state index in [4.69, 9.17) is 14.5 Å². The van der Waals surface area contributed by atoms with Crippen molar-refractivity contribution in [3.63, 3.8) is 0 Å². The third-order valence-corrected chi connectivity index (χ3v) is 5.15. The number of rotatable bonds is 6. The molecule has 9 heteroatoms. The minimum atomic E-state index is -0.413. The number of morpholine rings is 1. The molecule has 0 N–H and O–H groups in total. The normalized spacial score (nSPS) is 16.0. The topological polar surface area (TPSA) is 93.6 Å². The summed E-state index contributed by atoms with van der Waals surface area (Å²) in [7, 11) is 3.76. The first kappa shape index (κ1) is 21.6. The highest BCUT2D eigenvalue weighted by atomic mass is 16.5. The maximum absolute atomic E-state index is 13.3. The van der Waals surface area contributed by atoms with Gasteiger partial charge in [0.2, 0.25) is 5.95 Å². The summed E-state index contributed by atoms with van der Waals surface area (Å²) in [4.78, 5) is 34.4. The van der Waals surface area contributed by atoms with Gasteiger partial charge in [-0.15, -0.1) is 0 Å². The number of amides is 1. The average molecular weight is 435 g/mol. The van der Waals surface area contributed by atoms with Crippen LogP contribution in [0.5, 0.6) is 5.75 Å². The number of nitrogens with zero attached hydrogens (tertiary/aromatic N) is 6. The van der Waals surface area contributed by atoms with Gasteiger partial charge in [0, 0.05) is 50.4 Å². The van der Waals surface area contributed by atoms with E-state index in [1.807, 2.05) is 44.1 Å². The van der Waals surface area contributed by atoms with Crippen molar-refractivity contribution in [3.8, 4) is 16.9 Å². The third-order valence-electron chi connectivity index (χ3n) is 5.15. The molecule has 166 valence electrons. The minimum Gasteiger partial charge on any atom is -0.493 e. The smallest absolute Gasteiger partial charge is 0.257 e. The molecule has 0 aliphatic carbocycles. The van der Waals surface area contributed by atoms with Gasteiger partial charge in [0.1, 0.15) is 18.2 Å². The van der Waals surface area contributed by atoms with Crippen LogP contribution >= 0.6 is 0 Å². The van der Waals surface area contributed by atoms with E-state index in [1.54, 1.807) is 29.6 Å². The fourth-order valence-corrected chi connectivity index (χ4v) is 3.60. The van der Waals surface area contributed by atoms with Gasteiger partial charge in [-0.1, -0.05) is 12.1 Å². The summed E-state index contributed by atoms with van der Waals surface area (Å²) in [6.45, 7) is 3.65. The molecular weight excluding hydrogens is 408 g/mol. The lowest BCUT2D eigenvalue weighted by Gasteiger charge is -2.34. The van der Waals surface area contributed by atoms with E-state index < -0.39 is 6.10 Å². The molecule has 0 unspecified atom stereocenters. The molecular formula is C23H26N6O3. The van der Waals surface area contributed by atoms with Crippen LogP contribution in [-0.4, -0.2) is 71.1 Å². The Bertz CT molecular complexity index is 1080. The van der Waals surface area contributed by atoms with E-state index in [0.29, 0.717) is 49.3 Å². The molecule has 32 heavy (non-hydrogen) atoms. The van der Waals surface area contributed by atoms with E-state index in [9.17, 15) is 4.79 Å². The molecule has 0 radical (unpaired) electrons. The third kappa shape index (κ3) is 4.52. The number of para-hydroxylation sites is 1. The Hall–Kier alpha value is -3.59. The number of carbonyl (C=O) groups excluding carboxylic acids is 1. The van der Waals surface area contributed by atoms with E-state index in [0.717, 1.165) is 11.1 Å². The summed E-state index contributed by atoms with van der Waals surface area (Å²) < 4.78 is 11.7. The van der Waals surface area contributed by atoms with Crippen LogP contribution in [-0.2, 0) is 4.74 Å². The van der Waals surface area contributed by atoms with Crippen molar-refractivity contribution in [2.45, 2.75) is 13.0 Å². The number of anilines is 1. The van der Waals surface area contributed by atoms with Gasteiger partial charge in [0.25, 0.3) is 5.91 Å². The summed E-state index contributed by atoms with van der Waals surface area (Å²) in [5.41, 5.74) is 2.82. The Morgan fingerprint density at radius 3 is 2.75 bits per heavy atom. The standard InChI is InChI=1S/C23H26N6O3/c1-4-31-19-8-6-5-7-17(19)22(30)29-9-10-32-20(14-29)21-18(16-11-24-15-25-12-16)13-26-23(27-21)28(2)3/h5-8,11-13,15,20H,4,9-10,14H2,1-3H3/t20-/m0/s1. The van der Waals surface area contributed by atoms with Gasteiger partial charge in [-0.05, 0) is 19.1 Å². The summed E-state index contributed by atoms with van der Waals surface area (Å²) in [5, 5.41) is 0. The Kier molecular flexibility index (Phi) is 6.55. The Labute approximate surface area is 187 Å². The molecule has 0 bridgehead atoms. The van der Waals surface area contributed by atoms with Crippen LogP contribution in [0.1, 0.15) is 29.1 Å². The van der Waals surface area contributed by atoms with E-state index in [1.165, 1.54) is 6.33 Å². The first-order chi connectivity index (χ1) is 15.6. The molecule has 1 fully saturated rings. The number of hydrogen-bond acceptors (Lipinski definition) is 8. The summed E-state index contributed by atoms with van der Waals surface area (Å²) in [5.74, 6) is 1.06. The molecule has 3 heterocycles. The van der Waals surface area contributed by atoms with Crippen molar-refractivity contribution in [1.82, 2.24) is 24.8 Å². The van der Waals surface area contributed by atoms with Crippen LogP contribution in [0.2, 0.25) is 0 Å². The molecule has 3 aromatic rings. The predicted octanol–water partition coefficient (Wildman–Crippen LogP) is 2.61. The van der Waals surface area contributed by atoms with Crippen molar-refractivity contribution in [2.24, 2.45) is 0 Å². The second kappa shape index (κ2) is 9.69. The first-order valence-electron chi connectivity index (χ1n) is 10.5. The van der Waals surface area contributed by atoms with Gasteiger partial charge in [-0.3, -0.25) is 4.79 Å². The lowest BCUT2D eigenvalue weighted by Crippen LogP contribution is -2.42. The van der Waals surface area contributed by atoms with Crippen molar-refractivity contribution < 1.29 is 14.3 Å². The largest absolute Gasteiger partial charge is 0.493 e. The summed E-state index contributed by atoms with van der Waals surface area (Å²) in [6, 6.07) is 7.31. The van der Waals surface area contributed by atoms with Crippen LogP contribution in [0, 0.1) is 0 Å². The lowest BCUT2D eigenvalue weighted by molar-refractivity contribution is -0.0245. The molecule has 0 spiro atoms. The summed E-state index contributed by atoms with van der Waals surface area (Å²) >= 11 is 0. The molecule has 1 aliphatic heterocycles. The van der Waals surface area contributed by atoms with Gasteiger partial charge in [0.05, 0.1) is 31.0 Å². The van der Waals surface area contributed by atoms with Crippen LogP contribution in [0.15, 0.2) is 49.2 Å². The maximum atomic E-state index is 13.3. The molecule has 1 aliphatic rings. The number of aromatic nitrogens is 4. The second-order valence-electron chi connectivity index (χ2n) is 7.53. The molecule has 1 aromatic carbocycles. The summed E-state index contributed by atoms with van der Waals surface area (Å²) in [6.07, 6.45) is 6.25. The molecule has 0 saturated carbocycles. The molecule has 1 saturated heterocycles. The van der Waals surface area contributed by atoms with Gasteiger partial charge >= 0.3 is 0 Å². The van der Waals surface area contributed by atoms with Gasteiger partial charge < -0.3 is 19.3 Å². The predicted molar refractivity (Wildman–Crippen MR) is 120 cm³/mol. The maximum Gasteiger partial charge on any atom is 0.257 e. The Morgan fingerprint density at radius 2 is 2.00 bits per heavy atom. The van der Waals surface area contributed by atoms with Crippen LogP contribution < -0.4 is 9.64 Å². The van der Waals surface area contributed by atoms with Crippen molar-refractivity contribution in [1.29, 1.82) is 0 Å². The number of ether oxygens (including phenoxy) is 2. The zero-order valence-electron chi connectivity index (χ0n) is 18.4. The fraction of sp³-hybridized carbons (Fsp3) is 0.348. The fourth-order valence-electron chi connectivity index (χ4n) is 3.60. The highest BCUT2D eigenvalue weighted by molar-refractivity contribution is 5.97. The molecule has 4 rings (SSSR count). The zero-order chi connectivity index (χ0) is 22.5. The molecule has 2 aromatic heterocycles. The van der Waals surface area contributed by atoms with E-state index >= 15 is 0 Å². The average Bonchev–Trinajstić information content (AvgIpc) is 2.84. The van der Waals surface area contributed by atoms with E-state index in [2.05, 4.69) is 15.0 Å². The van der Waals surface area contributed by atoms with E-state index in [-0.39, 0.29) is 5.91 Å². The van der Waals surface area contributed by atoms with Crippen molar-refractivity contribution >= 4 is 11.9 Å².